The summed E-state index contributed by atoms with van der Waals surface area (Å²) in [5, 5.41) is 325. The summed E-state index contributed by atoms with van der Waals surface area (Å²) < 4.78 is 138. The number of aliphatic hydroxyl groups excluding tert-OH is 29. The summed E-state index contributed by atoms with van der Waals surface area (Å²) in [4.78, 5) is 0. The SMILES string of the molecule is C[C@@H]1OC(O)[C@H](O)[C@H](O)[C@H]1O[C@H]1O[C@H](CO)[C@@H](O)[C@H](O[C@H]2O[C@H](C)[C@@H](O)C[C@@H]2O)[C@@H]1O[C@H]1O[C@H](CO)[C@H](O)[C@H](O[C@@H]2O[C@@H](C)[C@H](O[C@H]3O[C@H](CO)[C@@H](O)[C@H](O[C@H]4O[C@H](C)[C@@H](O)C[C@@H]4O)[C@@H]3O[C@H]3O[C@H](CO)[C@H](O)[C@H](O[C@@H]4O[C@@H](C)[C@H](O[C@H]5O[C@H](CO)[C@@H](O)[C@H](O[C@H]6O[C@H](C)[C@@H](O)C[C@@H]6O)[C@@H]5O[C@H]5O[C@H](CO)[C@H](O)[C@H](O)[C@H]5O)[C@@H](O)[C@H]4O)[C@H]3O)[C@@H](O)[C@H]2O)[C@H]1O. The molecule has 12 saturated heterocycles. The zero-order chi connectivity index (χ0) is 90.5. The fourth-order valence-corrected chi connectivity index (χ4v) is 16.9. The maximum absolute atomic E-state index is 12.4. The first kappa shape index (κ1) is 101. The lowest BCUT2D eigenvalue weighted by Crippen LogP contribution is -2.69. The van der Waals surface area contributed by atoms with Crippen LogP contribution in [0.4, 0.5) is 0 Å². The summed E-state index contributed by atoms with van der Waals surface area (Å²) in [5.41, 5.74) is 0. The first-order valence-electron chi connectivity index (χ1n) is 41.0. The molecule has 124 heavy (non-hydrogen) atoms. The van der Waals surface area contributed by atoms with Gasteiger partial charge in [-0.2, -0.15) is 0 Å². The Kier molecular flexibility index (Phi) is 35.1. The zero-order valence-electron chi connectivity index (χ0n) is 67.6. The maximum atomic E-state index is 12.4. The third-order valence-corrected chi connectivity index (χ3v) is 24.5. The van der Waals surface area contributed by atoms with Gasteiger partial charge >= 0.3 is 0 Å². The molecule has 0 spiro atoms. The van der Waals surface area contributed by atoms with E-state index in [2.05, 4.69) is 0 Å². The predicted molar refractivity (Wildman–Crippen MR) is 382 cm³/mol. The molecule has 0 bridgehead atoms. The minimum absolute atomic E-state index is 0.328. The first-order valence-corrected chi connectivity index (χ1v) is 41.0. The van der Waals surface area contributed by atoms with Gasteiger partial charge in [-0.3, -0.25) is 0 Å². The second kappa shape index (κ2) is 43.1. The highest BCUT2D eigenvalue weighted by Gasteiger charge is 2.63. The van der Waals surface area contributed by atoms with Gasteiger partial charge < -0.3 is 257 Å². The summed E-state index contributed by atoms with van der Waals surface area (Å²) in [6, 6.07) is 0. The Balaban J connectivity index is 0.780. The molecular weight excluding hydrogens is 1700 g/mol. The highest BCUT2D eigenvalue weighted by Crippen LogP contribution is 2.43. The monoisotopic (exact) mass is 1820 g/mol. The van der Waals surface area contributed by atoms with Crippen LogP contribution in [0.5, 0.6) is 0 Å². The summed E-state index contributed by atoms with van der Waals surface area (Å²) in [6.07, 6.45) is -109. The lowest BCUT2D eigenvalue weighted by atomic mass is 9.95. The van der Waals surface area contributed by atoms with Crippen molar-refractivity contribution in [2.24, 2.45) is 0 Å². The van der Waals surface area contributed by atoms with Crippen LogP contribution in [0, 0.1) is 0 Å². The topological polar surface area (TPSA) is 799 Å². The van der Waals surface area contributed by atoms with Crippen molar-refractivity contribution in [2.75, 3.05) is 39.6 Å². The smallest absolute Gasteiger partial charge is 0.187 e. The second-order valence-electron chi connectivity index (χ2n) is 33.2. The molecule has 0 aromatic carbocycles. The lowest BCUT2D eigenvalue weighted by Gasteiger charge is -2.51. The molecule has 12 fully saturated rings. The molecule has 12 rings (SSSR count). The van der Waals surface area contributed by atoms with Crippen LogP contribution in [0.15, 0.2) is 0 Å². The van der Waals surface area contributed by atoms with E-state index in [4.69, 9.17) is 109 Å². The highest BCUT2D eigenvalue weighted by atomic mass is 16.8. The summed E-state index contributed by atoms with van der Waals surface area (Å²) in [6.45, 7) is 1.64. The second-order valence-corrected chi connectivity index (χ2v) is 33.2. The Morgan fingerprint density at radius 1 is 0.169 bits per heavy atom. The van der Waals surface area contributed by atoms with Gasteiger partial charge in [0.15, 0.2) is 75.5 Å². The van der Waals surface area contributed by atoms with Crippen LogP contribution in [-0.4, -0.2) is 538 Å². The van der Waals surface area contributed by atoms with Crippen molar-refractivity contribution in [3.63, 3.8) is 0 Å². The Bertz CT molecular complexity index is 3230. The van der Waals surface area contributed by atoms with Crippen LogP contribution in [0.1, 0.15) is 60.8 Å². The van der Waals surface area contributed by atoms with Gasteiger partial charge in [-0.15, -0.1) is 0 Å². The molecule has 0 aromatic heterocycles. The van der Waals surface area contributed by atoms with Gasteiger partial charge in [0.1, 0.15) is 220 Å². The molecule has 52 nitrogen and oxygen atoms in total. The van der Waals surface area contributed by atoms with E-state index in [1.807, 2.05) is 0 Å². The fourth-order valence-electron chi connectivity index (χ4n) is 16.9. The van der Waals surface area contributed by atoms with Gasteiger partial charge in [0.2, 0.25) is 0 Å². The molecule has 29 N–H and O–H groups in total. The maximum Gasteiger partial charge on any atom is 0.187 e. The van der Waals surface area contributed by atoms with Crippen molar-refractivity contribution in [3.05, 3.63) is 0 Å². The average Bonchev–Trinajstić information content (AvgIpc) is 0.767. The average molecular weight is 1820 g/mol. The van der Waals surface area contributed by atoms with Crippen LogP contribution < -0.4 is 0 Å². The van der Waals surface area contributed by atoms with Gasteiger partial charge in [0, 0.05) is 19.3 Å². The molecule has 0 radical (unpaired) electrons. The Labute approximate surface area is 705 Å². The normalized spacial score (nSPS) is 55.0. The lowest BCUT2D eigenvalue weighted by molar-refractivity contribution is -0.416. The van der Waals surface area contributed by atoms with E-state index in [1.165, 1.54) is 41.5 Å². The molecule has 12 heterocycles. The standard InChI is InChI=1S/C72H122O52/c1-16-22(79)7-25(82)62(103-16)119-55-37(88)31(13-76)111-70(58(55)122-67-45(96)40(91)34(85)28(10-73)108-67)115-51-20(5)106-65(46(97)42(51)93)118-54-36(87)30(12-75)110-69(49(54)100)124-60-57(121-64-27(84)9-24(81)18(3)105-64)39(90)33(15-78)113-72(60)116-52-21(6)107-66(47(98)43(52)94)117-53-35(86)29(11-74)109-68(48(53)99)123-59-56(120-63-26(83)8-23(80)17(2)104-63)38(89)32(14-77)112-71(59)114-50-19(4)102-61(101)44(95)41(50)92/h16-101H,7-15H2,1-6H3/t16-,17-,18-,19+,20+,21+,22+,23+,24+,25+,26+,27+,28-,29-,30-,31-,32-,33-,34+,35+,36+,37-,38-,39-,40+,41+,42+,43+,44-,45-,46-,47-,48-,49-,50+,51+,52+,53+,54+,55+,56+,57+,58+,59+,60+,61?,62-,63-,64-,65+,66+,67-,68-,69-,70-,71-,72-/m1/s1. The Morgan fingerprint density at radius 3 is 0.677 bits per heavy atom. The number of ether oxygens (including phenoxy) is 23. The van der Waals surface area contributed by atoms with Crippen LogP contribution in [0.2, 0.25) is 0 Å². The number of hydrogen-bond acceptors (Lipinski definition) is 52. The number of hydrogen-bond donors (Lipinski definition) is 29. The highest BCUT2D eigenvalue weighted by molar-refractivity contribution is 5.04. The Hall–Kier alpha value is -2.08. The van der Waals surface area contributed by atoms with Gasteiger partial charge in [-0.05, 0) is 41.5 Å². The zero-order valence-corrected chi connectivity index (χ0v) is 67.6. The van der Waals surface area contributed by atoms with E-state index in [1.54, 1.807) is 0 Å². The first-order chi connectivity index (χ1) is 58.7. The van der Waals surface area contributed by atoms with Crippen molar-refractivity contribution < 1.29 is 257 Å². The van der Waals surface area contributed by atoms with Crippen molar-refractivity contribution in [1.29, 1.82) is 0 Å². The van der Waals surface area contributed by atoms with Crippen LogP contribution in [0.3, 0.4) is 0 Å². The van der Waals surface area contributed by atoms with E-state index in [0.29, 0.717) is 0 Å². The van der Waals surface area contributed by atoms with Crippen molar-refractivity contribution in [2.45, 2.75) is 411 Å². The van der Waals surface area contributed by atoms with Gasteiger partial charge in [0.25, 0.3) is 0 Å². The third-order valence-electron chi connectivity index (χ3n) is 24.5. The molecule has 0 amide bonds. The van der Waals surface area contributed by atoms with Gasteiger partial charge in [-0.25, -0.2) is 0 Å². The molecule has 0 aromatic rings. The molecule has 57 atom stereocenters. The quantitative estimate of drug-likeness (QED) is 0.0346. The van der Waals surface area contributed by atoms with E-state index in [9.17, 15) is 148 Å². The molecule has 722 valence electrons. The minimum Gasteiger partial charge on any atom is -0.394 e. The molecule has 52 heteroatoms. The fraction of sp³-hybridized carbons (Fsp3) is 1.00. The number of rotatable bonds is 28. The largest absolute Gasteiger partial charge is 0.394 e. The summed E-state index contributed by atoms with van der Waals surface area (Å²) >= 11 is 0. The van der Waals surface area contributed by atoms with Gasteiger partial charge in [-0.1, -0.05) is 0 Å². The Morgan fingerprint density at radius 2 is 0.379 bits per heavy atom. The number of aliphatic hydroxyl groups is 29. The van der Waals surface area contributed by atoms with E-state index in [-0.39, 0.29) is 12.8 Å². The van der Waals surface area contributed by atoms with Crippen molar-refractivity contribution >= 4 is 0 Å². The predicted octanol–water partition coefficient (Wildman–Crippen LogP) is -17.9. The molecule has 12 aliphatic heterocycles. The minimum atomic E-state index is -2.42. The molecule has 0 saturated carbocycles. The molecule has 12 aliphatic rings. The third kappa shape index (κ3) is 21.3. The van der Waals surface area contributed by atoms with Crippen molar-refractivity contribution in [3.8, 4) is 0 Å². The van der Waals surface area contributed by atoms with Crippen LogP contribution >= 0.6 is 0 Å². The van der Waals surface area contributed by atoms with E-state index in [0.717, 1.165) is 0 Å². The summed E-state index contributed by atoms with van der Waals surface area (Å²) in [5.74, 6) is 0. The molecule has 1 unspecified atom stereocenters. The van der Waals surface area contributed by atoms with Crippen LogP contribution in [-0.2, 0) is 109 Å². The van der Waals surface area contributed by atoms with Crippen LogP contribution in [0.25, 0.3) is 0 Å². The van der Waals surface area contributed by atoms with E-state index >= 15 is 0 Å². The van der Waals surface area contributed by atoms with Gasteiger partial charge in [0.05, 0.1) is 94.6 Å². The molecular formula is C72H122O52. The van der Waals surface area contributed by atoms with Crippen molar-refractivity contribution in [1.82, 2.24) is 0 Å². The molecule has 0 aliphatic carbocycles. The summed E-state index contributed by atoms with van der Waals surface area (Å²) in [7, 11) is 0. The van der Waals surface area contributed by atoms with E-state index < -0.39 is 396 Å².